The second kappa shape index (κ2) is 10.0. The van der Waals surface area contributed by atoms with E-state index < -0.39 is 11.6 Å². The number of hydrogen-bond donors (Lipinski definition) is 1. The number of aromatic nitrogens is 3. The first-order chi connectivity index (χ1) is 14.2. The molecule has 1 saturated heterocycles. The van der Waals surface area contributed by atoms with E-state index in [4.69, 9.17) is 0 Å². The Balaban J connectivity index is 0.00000256. The molecule has 1 fully saturated rings. The van der Waals surface area contributed by atoms with Crippen molar-refractivity contribution in [1.29, 1.82) is 0 Å². The highest BCUT2D eigenvalue weighted by Gasteiger charge is 2.22. The van der Waals surface area contributed by atoms with Crippen molar-refractivity contribution in [3.63, 3.8) is 0 Å². The minimum atomic E-state index is -0.428. The monoisotopic (exact) mass is 527 g/mol. The lowest BCUT2D eigenvalue weighted by molar-refractivity contribution is 0.370. The maximum atomic E-state index is 14.0. The van der Waals surface area contributed by atoms with E-state index in [1.807, 2.05) is 33.7 Å². The predicted molar refractivity (Wildman–Crippen MR) is 124 cm³/mol. The molecule has 0 spiro atoms. The lowest BCUT2D eigenvalue weighted by Gasteiger charge is -2.37. The number of anilines is 1. The number of nitrogens with zero attached hydrogens (tertiary/aromatic N) is 6. The number of nitrogens with one attached hydrogen (secondary N) is 1. The van der Waals surface area contributed by atoms with Crippen molar-refractivity contribution >= 4 is 41.3 Å². The van der Waals surface area contributed by atoms with Gasteiger partial charge in [-0.3, -0.25) is 9.39 Å². The van der Waals surface area contributed by atoms with Crippen molar-refractivity contribution in [3.8, 4) is 0 Å². The zero-order valence-corrected chi connectivity index (χ0v) is 19.0. The Labute approximate surface area is 190 Å². The number of rotatable bonds is 4. The van der Waals surface area contributed by atoms with Crippen LogP contribution in [0.1, 0.15) is 5.82 Å². The molecule has 1 aromatic carbocycles. The van der Waals surface area contributed by atoms with Gasteiger partial charge in [0, 0.05) is 58.5 Å². The van der Waals surface area contributed by atoms with E-state index in [2.05, 4.69) is 25.4 Å². The van der Waals surface area contributed by atoms with Crippen molar-refractivity contribution < 1.29 is 8.78 Å². The van der Waals surface area contributed by atoms with Gasteiger partial charge in [0.2, 0.25) is 0 Å². The second-order valence-corrected chi connectivity index (χ2v) is 6.84. The molecule has 160 valence electrons. The van der Waals surface area contributed by atoms with Gasteiger partial charge in [0.05, 0.1) is 5.69 Å². The summed E-state index contributed by atoms with van der Waals surface area (Å²) in [5, 5.41) is 11.8. The summed E-state index contributed by atoms with van der Waals surface area (Å²) < 4.78 is 29.5. The van der Waals surface area contributed by atoms with Gasteiger partial charge >= 0.3 is 0 Å². The molecule has 0 saturated carbocycles. The topological polar surface area (TPSA) is 61.1 Å². The normalized spacial score (nSPS) is 14.7. The lowest BCUT2D eigenvalue weighted by atomic mass is 10.2. The highest BCUT2D eigenvalue weighted by molar-refractivity contribution is 14.0. The van der Waals surface area contributed by atoms with Crippen LogP contribution >= 0.6 is 24.0 Å². The van der Waals surface area contributed by atoms with Gasteiger partial charge in [-0.15, -0.1) is 34.2 Å². The van der Waals surface area contributed by atoms with Crippen molar-refractivity contribution in [2.75, 3.05) is 44.7 Å². The van der Waals surface area contributed by atoms with E-state index >= 15 is 0 Å². The van der Waals surface area contributed by atoms with Crippen LogP contribution in [0.2, 0.25) is 0 Å². The number of pyridine rings is 1. The molecule has 0 unspecified atom stereocenters. The summed E-state index contributed by atoms with van der Waals surface area (Å²) in [7, 11) is 1.74. The average Bonchev–Trinajstić information content (AvgIpc) is 3.16. The summed E-state index contributed by atoms with van der Waals surface area (Å²) in [5.41, 5.74) is 1.14. The molecule has 2 aromatic heterocycles. The van der Waals surface area contributed by atoms with Crippen LogP contribution in [-0.2, 0) is 6.42 Å². The molecule has 1 aliphatic rings. The van der Waals surface area contributed by atoms with Crippen LogP contribution in [0.5, 0.6) is 0 Å². The van der Waals surface area contributed by atoms with Crippen molar-refractivity contribution in [2.24, 2.45) is 4.99 Å². The van der Waals surface area contributed by atoms with Crippen LogP contribution in [0.4, 0.5) is 14.5 Å². The minimum Gasteiger partial charge on any atom is -0.366 e. The van der Waals surface area contributed by atoms with Crippen molar-refractivity contribution in [3.05, 3.63) is 60.1 Å². The molecule has 10 heteroatoms. The Morgan fingerprint density at radius 3 is 2.67 bits per heavy atom. The number of aliphatic imine (C=N–C) groups is 1. The molecular weight excluding hydrogens is 503 g/mol. The largest absolute Gasteiger partial charge is 0.366 e. The Morgan fingerprint density at radius 1 is 1.10 bits per heavy atom. The number of benzene rings is 1. The smallest absolute Gasteiger partial charge is 0.193 e. The Kier molecular flexibility index (Phi) is 7.40. The van der Waals surface area contributed by atoms with Crippen LogP contribution in [-0.4, -0.2) is 65.2 Å². The molecule has 1 aliphatic heterocycles. The summed E-state index contributed by atoms with van der Waals surface area (Å²) in [5.74, 6) is 0.846. The fourth-order valence-electron chi connectivity index (χ4n) is 3.57. The SMILES string of the molecule is CN=C(NCCc1nnc2ccccn12)N1CCN(c2cc(F)ccc2F)CC1.I. The third-order valence-electron chi connectivity index (χ3n) is 5.06. The Hall–Kier alpha value is -2.50. The second-order valence-electron chi connectivity index (χ2n) is 6.84. The van der Waals surface area contributed by atoms with E-state index in [0.717, 1.165) is 23.5 Å². The first-order valence-electron chi connectivity index (χ1n) is 9.60. The fourth-order valence-corrected chi connectivity index (χ4v) is 3.57. The summed E-state index contributed by atoms with van der Waals surface area (Å²) in [4.78, 5) is 8.34. The van der Waals surface area contributed by atoms with Gasteiger partial charge in [-0.05, 0) is 24.3 Å². The van der Waals surface area contributed by atoms with Crippen LogP contribution < -0.4 is 10.2 Å². The number of fused-ring (bicyclic) bond motifs is 1. The number of hydrogen-bond acceptors (Lipinski definition) is 4. The first kappa shape index (κ1) is 22.2. The Morgan fingerprint density at radius 2 is 1.90 bits per heavy atom. The molecule has 3 aromatic rings. The molecular formula is C20H24F2IN7. The molecule has 4 rings (SSSR count). The van der Waals surface area contributed by atoms with Crippen LogP contribution in [0.3, 0.4) is 0 Å². The number of guanidine groups is 1. The minimum absolute atomic E-state index is 0. The van der Waals surface area contributed by atoms with E-state index in [9.17, 15) is 8.78 Å². The quantitative estimate of drug-likeness (QED) is 0.321. The molecule has 0 radical (unpaired) electrons. The molecule has 0 amide bonds. The molecule has 0 atom stereocenters. The van der Waals surface area contributed by atoms with Crippen molar-refractivity contribution in [1.82, 2.24) is 24.8 Å². The first-order valence-corrected chi connectivity index (χ1v) is 9.60. The highest BCUT2D eigenvalue weighted by Crippen LogP contribution is 2.21. The maximum Gasteiger partial charge on any atom is 0.193 e. The van der Waals surface area contributed by atoms with Crippen LogP contribution in [0.15, 0.2) is 47.6 Å². The molecule has 30 heavy (non-hydrogen) atoms. The summed E-state index contributed by atoms with van der Waals surface area (Å²) >= 11 is 0. The summed E-state index contributed by atoms with van der Waals surface area (Å²) in [6.45, 7) is 3.19. The maximum absolute atomic E-state index is 14.0. The van der Waals surface area contributed by atoms with E-state index in [1.165, 1.54) is 12.1 Å². The third kappa shape index (κ3) is 4.79. The number of halogens is 3. The van der Waals surface area contributed by atoms with Gasteiger partial charge in [-0.2, -0.15) is 0 Å². The number of piperazine rings is 1. The van der Waals surface area contributed by atoms with Gasteiger partial charge in [0.1, 0.15) is 17.5 Å². The lowest BCUT2D eigenvalue weighted by Crippen LogP contribution is -2.53. The van der Waals surface area contributed by atoms with Crippen molar-refractivity contribution in [2.45, 2.75) is 6.42 Å². The van der Waals surface area contributed by atoms with E-state index in [1.54, 1.807) is 7.05 Å². The summed E-state index contributed by atoms with van der Waals surface area (Å²) in [6, 6.07) is 9.37. The third-order valence-corrected chi connectivity index (χ3v) is 5.06. The summed E-state index contributed by atoms with van der Waals surface area (Å²) in [6.07, 6.45) is 2.66. The molecule has 0 bridgehead atoms. The Bertz CT molecular complexity index is 1020. The predicted octanol–water partition coefficient (Wildman–Crippen LogP) is 2.57. The molecule has 3 heterocycles. The van der Waals surface area contributed by atoms with E-state index in [0.29, 0.717) is 44.8 Å². The fraction of sp³-hybridized carbons (Fsp3) is 0.350. The average molecular weight is 527 g/mol. The zero-order chi connectivity index (χ0) is 20.2. The van der Waals surface area contributed by atoms with Gasteiger partial charge in [0.15, 0.2) is 11.6 Å². The van der Waals surface area contributed by atoms with Gasteiger partial charge in [-0.25, -0.2) is 8.78 Å². The van der Waals surface area contributed by atoms with Crippen LogP contribution in [0.25, 0.3) is 5.65 Å². The van der Waals surface area contributed by atoms with Gasteiger partial charge in [-0.1, -0.05) is 6.07 Å². The zero-order valence-electron chi connectivity index (χ0n) is 16.6. The standard InChI is InChI=1S/C20H23F2N7.HI/c1-23-20(24-8-7-19-26-25-18-4-2-3-9-29(18)19)28-12-10-27(11-13-28)17-14-15(21)5-6-16(17)22;/h2-6,9,14H,7-8,10-13H2,1H3,(H,23,24);1H. The van der Waals surface area contributed by atoms with Gasteiger partial charge in [0.25, 0.3) is 0 Å². The molecule has 0 aliphatic carbocycles. The molecule has 1 N–H and O–H groups in total. The van der Waals surface area contributed by atoms with Gasteiger partial charge < -0.3 is 15.1 Å². The highest BCUT2D eigenvalue weighted by atomic mass is 127. The molecule has 7 nitrogen and oxygen atoms in total. The van der Waals surface area contributed by atoms with Crippen LogP contribution in [0, 0.1) is 11.6 Å². The van der Waals surface area contributed by atoms with E-state index in [-0.39, 0.29) is 24.0 Å².